The van der Waals surface area contributed by atoms with Crippen molar-refractivity contribution in [3.05, 3.63) is 65.7 Å². The van der Waals surface area contributed by atoms with Gasteiger partial charge in [0.1, 0.15) is 5.75 Å². The normalized spacial score (nSPS) is 18.8. The molecule has 0 unspecified atom stereocenters. The average molecular weight is 865 g/mol. The van der Waals surface area contributed by atoms with Crippen molar-refractivity contribution in [2.24, 2.45) is 29.6 Å². The molecule has 0 aliphatic carbocycles. The number of aliphatic hydroxyl groups excluding tert-OH is 1. The van der Waals surface area contributed by atoms with Crippen molar-refractivity contribution in [1.82, 2.24) is 20.0 Å². The first-order valence-electron chi connectivity index (χ1n) is 22.9. The summed E-state index contributed by atoms with van der Waals surface area (Å²) in [5.41, 5.74) is 1.78. The van der Waals surface area contributed by atoms with E-state index < -0.39 is 48.3 Å². The number of hydrogen-bond acceptors (Lipinski definition) is 9. The summed E-state index contributed by atoms with van der Waals surface area (Å²) in [5.74, 6) is -0.981. The van der Waals surface area contributed by atoms with Crippen molar-refractivity contribution in [2.75, 3.05) is 34.9 Å². The van der Waals surface area contributed by atoms with Crippen LogP contribution in [0.2, 0.25) is 0 Å². The summed E-state index contributed by atoms with van der Waals surface area (Å²) in [6, 6.07) is 15.5. The van der Waals surface area contributed by atoms with Crippen molar-refractivity contribution in [3.63, 3.8) is 0 Å². The molecule has 1 saturated heterocycles. The number of methoxy groups -OCH3 is 2. The van der Waals surface area contributed by atoms with Crippen LogP contribution in [0.3, 0.4) is 0 Å². The Morgan fingerprint density at radius 1 is 0.855 bits per heavy atom. The fourth-order valence-electron chi connectivity index (χ4n) is 9.35. The van der Waals surface area contributed by atoms with Gasteiger partial charge in [0, 0.05) is 46.7 Å². The summed E-state index contributed by atoms with van der Waals surface area (Å²) in [7, 11) is 6.89. The summed E-state index contributed by atoms with van der Waals surface area (Å²) >= 11 is 0. The minimum absolute atomic E-state index is 0.0184. The first-order valence-corrected chi connectivity index (χ1v) is 22.9. The highest BCUT2D eigenvalue weighted by Gasteiger charge is 2.43. The fraction of sp³-hybridized carbons (Fsp3) is 0.680. The number of aliphatic hydroxyl groups is 1. The minimum atomic E-state index is -0.882. The second-order valence-corrected chi connectivity index (χ2v) is 18.7. The molecular weight excluding hydrogens is 785 g/mol. The molecule has 10 atom stereocenters. The van der Waals surface area contributed by atoms with Crippen molar-refractivity contribution >= 4 is 23.5 Å². The van der Waals surface area contributed by atoms with E-state index in [9.17, 15) is 24.3 Å². The van der Waals surface area contributed by atoms with Gasteiger partial charge in [-0.25, -0.2) is 0 Å². The first-order chi connectivity index (χ1) is 29.3. The Morgan fingerprint density at radius 2 is 1.48 bits per heavy atom. The summed E-state index contributed by atoms with van der Waals surface area (Å²) in [4.78, 5) is 62.5. The Labute approximate surface area is 373 Å². The second-order valence-electron chi connectivity index (χ2n) is 18.7. The van der Waals surface area contributed by atoms with Gasteiger partial charge in [0.05, 0.1) is 60.9 Å². The monoisotopic (exact) mass is 865 g/mol. The quantitative estimate of drug-likeness (QED) is 0.105. The predicted molar refractivity (Wildman–Crippen MR) is 245 cm³/mol. The molecule has 0 radical (unpaired) electrons. The van der Waals surface area contributed by atoms with Gasteiger partial charge in [-0.1, -0.05) is 97.4 Å². The molecule has 1 heterocycles. The lowest BCUT2D eigenvalue weighted by atomic mass is 9.83. The zero-order valence-electron chi connectivity index (χ0n) is 40.3. The molecule has 1 aliphatic heterocycles. The topological polar surface area (TPSA) is 138 Å². The molecule has 2 aromatic rings. The van der Waals surface area contributed by atoms with Crippen LogP contribution < -0.4 is 10.1 Å². The third-order valence-electron chi connectivity index (χ3n) is 12.9. The Hall–Kier alpha value is -3.84. The molecule has 2 aromatic carbocycles. The molecular formula is C50H80N4O8. The van der Waals surface area contributed by atoms with Crippen LogP contribution in [0.5, 0.6) is 5.75 Å². The molecule has 0 spiro atoms. The van der Waals surface area contributed by atoms with Gasteiger partial charge in [0.25, 0.3) is 0 Å². The molecule has 0 bridgehead atoms. The van der Waals surface area contributed by atoms with Crippen LogP contribution in [-0.2, 0) is 35.2 Å². The van der Waals surface area contributed by atoms with Crippen LogP contribution in [0.1, 0.15) is 119 Å². The van der Waals surface area contributed by atoms with Crippen molar-refractivity contribution in [2.45, 2.75) is 156 Å². The number of benzene rings is 2. The van der Waals surface area contributed by atoms with Gasteiger partial charge < -0.3 is 34.4 Å². The van der Waals surface area contributed by atoms with E-state index in [-0.39, 0.29) is 66.2 Å². The number of carbonyl (C=O) groups is 4. The maximum atomic E-state index is 14.7. The Kier molecular flexibility index (Phi) is 21.1. The molecule has 2 N–H and O–H groups in total. The number of hydrogen-bond donors (Lipinski definition) is 2. The fourth-order valence-corrected chi connectivity index (χ4v) is 9.35. The Balaban J connectivity index is 1.76. The largest absolute Gasteiger partial charge is 0.491 e. The highest BCUT2D eigenvalue weighted by Crippen LogP contribution is 2.31. The first kappa shape index (κ1) is 52.5. The summed E-state index contributed by atoms with van der Waals surface area (Å²) in [6.07, 6.45) is 0.305. The molecule has 3 rings (SSSR count). The second kappa shape index (κ2) is 24.9. The van der Waals surface area contributed by atoms with Gasteiger partial charge in [0.2, 0.25) is 17.7 Å². The number of rotatable bonds is 25. The average Bonchev–Trinajstić information content (AvgIpc) is 3.72. The van der Waals surface area contributed by atoms with Gasteiger partial charge in [-0.15, -0.1) is 0 Å². The van der Waals surface area contributed by atoms with E-state index >= 15 is 0 Å². The van der Waals surface area contributed by atoms with Crippen molar-refractivity contribution in [3.8, 4) is 5.75 Å². The van der Waals surface area contributed by atoms with Crippen LogP contribution in [0, 0.1) is 29.6 Å². The maximum absolute atomic E-state index is 14.7. The van der Waals surface area contributed by atoms with E-state index in [2.05, 4.69) is 24.1 Å². The van der Waals surface area contributed by atoms with Gasteiger partial charge in [0.15, 0.2) is 5.78 Å². The minimum Gasteiger partial charge on any atom is -0.491 e. The number of likely N-dealkylation sites (tertiary alicyclic amines) is 1. The van der Waals surface area contributed by atoms with Crippen molar-refractivity contribution < 1.29 is 38.5 Å². The lowest BCUT2D eigenvalue weighted by Gasteiger charge is -2.41. The zero-order valence-corrected chi connectivity index (χ0v) is 40.3. The molecule has 3 amide bonds. The highest BCUT2D eigenvalue weighted by atomic mass is 16.5. The SMILES string of the molecule is CC[C@H](C)[C@@H]([C@@H](CC(=O)N1CCC[C@H]1[C@H](OC)[C@@H](C)C(=O)N[C@H](C)[C@@H](O)c1ccccc1)OC)N(C)C(=O)[C@@H](CC(=O)[C@H](C(C)C)N(C)Cc1ccc(OC(C)C)cc1)C(C)C. The summed E-state index contributed by atoms with van der Waals surface area (Å²) < 4.78 is 17.9. The van der Waals surface area contributed by atoms with Gasteiger partial charge >= 0.3 is 0 Å². The number of nitrogens with zero attached hydrogens (tertiary/aromatic N) is 3. The van der Waals surface area contributed by atoms with E-state index in [1.54, 1.807) is 40.0 Å². The smallest absolute Gasteiger partial charge is 0.226 e. The molecule has 0 saturated carbocycles. The van der Waals surface area contributed by atoms with E-state index in [1.165, 1.54) is 0 Å². The number of ether oxygens (including phenoxy) is 3. The van der Waals surface area contributed by atoms with Crippen LogP contribution >= 0.6 is 0 Å². The lowest BCUT2D eigenvalue weighted by Crippen LogP contribution is -2.54. The van der Waals surface area contributed by atoms with Crippen LogP contribution in [0.4, 0.5) is 0 Å². The highest BCUT2D eigenvalue weighted by molar-refractivity contribution is 5.90. The molecule has 0 aromatic heterocycles. The molecule has 1 aliphatic rings. The zero-order chi connectivity index (χ0) is 46.4. The van der Waals surface area contributed by atoms with Gasteiger partial charge in [-0.2, -0.15) is 0 Å². The summed E-state index contributed by atoms with van der Waals surface area (Å²) in [5, 5.41) is 13.9. The summed E-state index contributed by atoms with van der Waals surface area (Å²) in [6.45, 7) is 20.8. The Morgan fingerprint density at radius 3 is 2.02 bits per heavy atom. The van der Waals surface area contributed by atoms with E-state index in [0.29, 0.717) is 25.1 Å². The van der Waals surface area contributed by atoms with E-state index in [1.807, 2.05) is 108 Å². The lowest BCUT2D eigenvalue weighted by molar-refractivity contribution is -0.149. The van der Waals surface area contributed by atoms with Gasteiger partial charge in [-0.05, 0) is 81.7 Å². The standard InChI is InChI=1S/C50H80N4O8/c1-15-34(8)46(53(12)50(59)40(31(2)3)28-42(55)45(32(4)5)52(11)30-37-23-25-39(26-24-37)62-33(6)7)43(60-13)29-44(56)54-27-19-22-41(54)48(61-14)35(9)49(58)51-36(10)47(57)38-20-17-16-18-21-38/h16-18,20-21,23-26,31-36,40-41,43,45-48,57H,15,19,22,27-30H2,1-14H3,(H,51,58)/t34-,35+,36+,40-,41-,43+,45-,46-,47+,48+/m0/s1. The van der Waals surface area contributed by atoms with E-state index in [0.717, 1.165) is 24.2 Å². The molecule has 12 heteroatoms. The number of carbonyl (C=O) groups excluding carboxylic acids is 4. The molecule has 348 valence electrons. The number of nitrogens with one attached hydrogen (secondary N) is 1. The van der Waals surface area contributed by atoms with Crippen molar-refractivity contribution in [1.29, 1.82) is 0 Å². The number of amides is 3. The Bertz CT molecular complexity index is 1690. The third kappa shape index (κ3) is 14.1. The van der Waals surface area contributed by atoms with E-state index in [4.69, 9.17) is 14.2 Å². The third-order valence-corrected chi connectivity index (χ3v) is 12.9. The van der Waals surface area contributed by atoms with Crippen LogP contribution in [0.15, 0.2) is 54.6 Å². The van der Waals surface area contributed by atoms with Crippen LogP contribution in [0.25, 0.3) is 0 Å². The maximum Gasteiger partial charge on any atom is 0.226 e. The van der Waals surface area contributed by atoms with Crippen LogP contribution in [-0.4, -0.2) is 121 Å². The predicted octanol–water partition coefficient (Wildman–Crippen LogP) is 7.32. The van der Waals surface area contributed by atoms with Gasteiger partial charge in [-0.3, -0.25) is 24.1 Å². The molecule has 12 nitrogen and oxygen atoms in total. The number of Topliss-reactive ketones (excluding diaryl/α,β-unsaturated/α-hetero) is 1. The molecule has 62 heavy (non-hydrogen) atoms. The number of ketones is 1. The molecule has 1 fully saturated rings. The number of likely N-dealkylation sites (N-methyl/N-ethyl adjacent to an activating group) is 2.